The van der Waals surface area contributed by atoms with Crippen LogP contribution in [0.2, 0.25) is 5.02 Å². The lowest BCUT2D eigenvalue weighted by atomic mass is 10.1. The molecule has 1 aliphatic rings. The van der Waals surface area contributed by atoms with Crippen molar-refractivity contribution in [2.24, 2.45) is 0 Å². The number of carbonyl (C=O) groups is 2. The van der Waals surface area contributed by atoms with E-state index in [1.165, 1.54) is 11.0 Å². The first-order valence-electron chi connectivity index (χ1n) is 6.06. The molecule has 2 amide bonds. The monoisotopic (exact) mass is 321 g/mol. The van der Waals surface area contributed by atoms with Crippen LogP contribution in [-0.2, 0) is 4.79 Å². The molecule has 1 aromatic heterocycles. The largest absolute Gasteiger partial charge is 0.319 e. The van der Waals surface area contributed by atoms with Crippen molar-refractivity contribution in [1.82, 2.24) is 4.98 Å². The van der Waals surface area contributed by atoms with Gasteiger partial charge in [-0.15, -0.1) is 11.6 Å². The Balaban J connectivity index is 2.30. The maximum Gasteiger partial charge on any atom is 0.257 e. The van der Waals surface area contributed by atoms with Gasteiger partial charge in [0.1, 0.15) is 5.88 Å². The molecule has 0 saturated heterocycles. The fourth-order valence-electron chi connectivity index (χ4n) is 2.17. The Morgan fingerprint density at radius 2 is 2.14 bits per heavy atom. The minimum atomic E-state index is -0.378. The Morgan fingerprint density at radius 3 is 2.90 bits per heavy atom. The lowest BCUT2D eigenvalue weighted by molar-refractivity contribution is -0.115. The molecular formula is C14H9Cl2N3O2. The van der Waals surface area contributed by atoms with E-state index in [1.807, 2.05) is 0 Å². The average molecular weight is 322 g/mol. The zero-order chi connectivity index (χ0) is 15.0. The molecule has 3 rings (SSSR count). The molecule has 1 aromatic carbocycles. The molecule has 0 aliphatic carbocycles. The van der Waals surface area contributed by atoms with Crippen molar-refractivity contribution in [3.8, 4) is 0 Å². The predicted octanol–water partition coefficient (Wildman–Crippen LogP) is 3.20. The van der Waals surface area contributed by atoms with Crippen molar-refractivity contribution in [1.29, 1.82) is 0 Å². The molecule has 1 N–H and O–H groups in total. The van der Waals surface area contributed by atoms with Crippen molar-refractivity contribution in [2.45, 2.75) is 0 Å². The first-order chi connectivity index (χ1) is 10.1. The zero-order valence-electron chi connectivity index (χ0n) is 10.6. The number of benzene rings is 1. The maximum atomic E-state index is 12.3. The third-order valence-electron chi connectivity index (χ3n) is 3.05. The number of nitrogens with zero attached hydrogens (tertiary/aromatic N) is 2. The lowest BCUT2D eigenvalue weighted by Crippen LogP contribution is -2.28. The van der Waals surface area contributed by atoms with E-state index in [0.29, 0.717) is 27.8 Å². The van der Waals surface area contributed by atoms with Crippen molar-refractivity contribution >= 4 is 52.2 Å². The molecule has 2 aromatic rings. The molecule has 0 unspecified atom stereocenters. The fourth-order valence-corrected chi connectivity index (χ4v) is 2.47. The van der Waals surface area contributed by atoms with Gasteiger partial charge in [-0.25, -0.2) is 4.98 Å². The number of amides is 2. The second-order valence-corrected chi connectivity index (χ2v) is 5.06. The summed E-state index contributed by atoms with van der Waals surface area (Å²) in [6.07, 6.45) is 1.54. The van der Waals surface area contributed by atoms with Crippen LogP contribution in [-0.4, -0.2) is 22.7 Å². The summed E-state index contributed by atoms with van der Waals surface area (Å²) in [6.45, 7) is 0. The van der Waals surface area contributed by atoms with Crippen LogP contribution in [0.25, 0.3) is 0 Å². The van der Waals surface area contributed by atoms with E-state index in [9.17, 15) is 9.59 Å². The second-order valence-electron chi connectivity index (χ2n) is 4.35. The summed E-state index contributed by atoms with van der Waals surface area (Å²) >= 11 is 11.6. The van der Waals surface area contributed by atoms with Gasteiger partial charge in [0.2, 0.25) is 5.91 Å². The van der Waals surface area contributed by atoms with E-state index in [4.69, 9.17) is 23.2 Å². The smallest absolute Gasteiger partial charge is 0.257 e. The molecule has 0 spiro atoms. The summed E-state index contributed by atoms with van der Waals surface area (Å²) in [7, 11) is 0. The molecule has 7 heteroatoms. The molecule has 2 heterocycles. The summed E-state index contributed by atoms with van der Waals surface area (Å²) in [5.74, 6) is -0.632. The van der Waals surface area contributed by atoms with Gasteiger partial charge in [-0.3, -0.25) is 14.5 Å². The van der Waals surface area contributed by atoms with E-state index in [2.05, 4.69) is 10.3 Å². The van der Waals surface area contributed by atoms with Crippen LogP contribution in [0.4, 0.5) is 17.2 Å². The Labute approximate surface area is 130 Å². The molecule has 21 heavy (non-hydrogen) atoms. The number of alkyl halides is 1. The van der Waals surface area contributed by atoms with Gasteiger partial charge in [-0.05, 0) is 30.3 Å². The molecule has 0 fully saturated rings. The van der Waals surface area contributed by atoms with Crippen LogP contribution in [0.1, 0.15) is 10.4 Å². The number of nitrogens with one attached hydrogen (secondary N) is 1. The number of aromatic nitrogens is 1. The number of rotatable bonds is 1. The molecule has 0 saturated carbocycles. The third kappa shape index (κ3) is 2.34. The highest BCUT2D eigenvalue weighted by Crippen LogP contribution is 2.37. The van der Waals surface area contributed by atoms with Gasteiger partial charge in [-0.2, -0.15) is 0 Å². The van der Waals surface area contributed by atoms with Gasteiger partial charge in [-0.1, -0.05) is 11.6 Å². The Hall–Kier alpha value is -2.11. The van der Waals surface area contributed by atoms with Crippen LogP contribution >= 0.6 is 23.2 Å². The second kappa shape index (κ2) is 5.35. The maximum absolute atomic E-state index is 12.3. The highest BCUT2D eigenvalue weighted by Gasteiger charge is 2.29. The summed E-state index contributed by atoms with van der Waals surface area (Å²) in [5, 5.41) is 3.12. The lowest BCUT2D eigenvalue weighted by Gasteiger charge is -2.21. The van der Waals surface area contributed by atoms with E-state index >= 15 is 0 Å². The summed E-state index contributed by atoms with van der Waals surface area (Å²) in [5.41, 5.74) is 1.13. The number of hydrogen-bond donors (Lipinski definition) is 1. The first kappa shape index (κ1) is 13.9. The number of halogens is 2. The first-order valence-corrected chi connectivity index (χ1v) is 6.98. The summed E-state index contributed by atoms with van der Waals surface area (Å²) < 4.78 is 0. The van der Waals surface area contributed by atoms with Gasteiger partial charge in [0, 0.05) is 11.2 Å². The standard InChI is InChI=1S/C14H9Cl2N3O2/c15-7-12(20)19-11-4-3-8(16)6-9(11)14(21)18-10-2-1-5-17-13(10)19/h1-6H,7H2,(H,18,21). The number of fused-ring (bicyclic) bond motifs is 2. The van der Waals surface area contributed by atoms with Crippen molar-refractivity contribution in [3.05, 3.63) is 47.1 Å². The highest BCUT2D eigenvalue weighted by molar-refractivity contribution is 6.33. The number of hydrogen-bond acceptors (Lipinski definition) is 3. The Bertz CT molecular complexity index is 749. The van der Waals surface area contributed by atoms with Crippen LogP contribution in [0.5, 0.6) is 0 Å². The summed E-state index contributed by atoms with van der Waals surface area (Å²) in [4.78, 5) is 30.0. The molecule has 106 valence electrons. The van der Waals surface area contributed by atoms with Crippen LogP contribution < -0.4 is 10.2 Å². The van der Waals surface area contributed by atoms with Gasteiger partial charge < -0.3 is 5.32 Å². The van der Waals surface area contributed by atoms with E-state index in [-0.39, 0.29) is 17.7 Å². The fraction of sp³-hybridized carbons (Fsp3) is 0.0714. The van der Waals surface area contributed by atoms with Gasteiger partial charge in [0.05, 0.1) is 16.9 Å². The molecule has 0 radical (unpaired) electrons. The summed E-state index contributed by atoms with van der Waals surface area (Å²) in [6, 6.07) is 8.06. The quantitative estimate of drug-likeness (QED) is 0.820. The number of carbonyl (C=O) groups excluding carboxylic acids is 2. The zero-order valence-corrected chi connectivity index (χ0v) is 12.1. The molecule has 1 aliphatic heterocycles. The Kier molecular flexibility index (Phi) is 3.53. The van der Waals surface area contributed by atoms with Crippen molar-refractivity contribution in [2.75, 3.05) is 16.1 Å². The van der Waals surface area contributed by atoms with E-state index in [0.717, 1.165) is 0 Å². The van der Waals surface area contributed by atoms with E-state index in [1.54, 1.807) is 30.5 Å². The predicted molar refractivity (Wildman–Crippen MR) is 81.5 cm³/mol. The highest BCUT2D eigenvalue weighted by atomic mass is 35.5. The number of pyridine rings is 1. The molecular weight excluding hydrogens is 313 g/mol. The Morgan fingerprint density at radius 1 is 1.33 bits per heavy atom. The molecule has 0 bridgehead atoms. The molecule has 0 atom stereocenters. The van der Waals surface area contributed by atoms with Crippen LogP contribution in [0.15, 0.2) is 36.5 Å². The molecule has 5 nitrogen and oxygen atoms in total. The van der Waals surface area contributed by atoms with Crippen LogP contribution in [0.3, 0.4) is 0 Å². The van der Waals surface area contributed by atoms with Gasteiger partial charge >= 0.3 is 0 Å². The third-order valence-corrected chi connectivity index (χ3v) is 3.52. The van der Waals surface area contributed by atoms with Gasteiger partial charge in [0.25, 0.3) is 5.91 Å². The van der Waals surface area contributed by atoms with Crippen molar-refractivity contribution in [3.63, 3.8) is 0 Å². The topological polar surface area (TPSA) is 62.3 Å². The SMILES string of the molecule is O=C1Nc2cccnc2N(C(=O)CCl)c2ccc(Cl)cc21. The van der Waals surface area contributed by atoms with E-state index < -0.39 is 0 Å². The average Bonchev–Trinajstić information content (AvgIpc) is 2.61. The minimum absolute atomic E-state index is 0.230. The minimum Gasteiger partial charge on any atom is -0.319 e. The van der Waals surface area contributed by atoms with Crippen LogP contribution in [0, 0.1) is 0 Å². The van der Waals surface area contributed by atoms with Crippen molar-refractivity contribution < 1.29 is 9.59 Å². The number of anilines is 3. The van der Waals surface area contributed by atoms with Gasteiger partial charge in [0.15, 0.2) is 5.82 Å². The normalized spacial score (nSPS) is 13.0.